The fraction of sp³-hybridized carbons (Fsp3) is 0.714. The summed E-state index contributed by atoms with van der Waals surface area (Å²) < 4.78 is 9.90. The largest absolute Gasteiger partial charge is 0.463 e. The van der Waals surface area contributed by atoms with E-state index in [9.17, 15) is 9.59 Å². The summed E-state index contributed by atoms with van der Waals surface area (Å²) in [5.74, 6) is -0.338. The molecule has 110 valence electrons. The minimum absolute atomic E-state index is 0.0123. The van der Waals surface area contributed by atoms with Crippen molar-refractivity contribution >= 4 is 12.1 Å². The quantitative estimate of drug-likeness (QED) is 0.596. The van der Waals surface area contributed by atoms with Gasteiger partial charge in [0, 0.05) is 12.1 Å². The van der Waals surface area contributed by atoms with Gasteiger partial charge in [-0.2, -0.15) is 0 Å². The number of ether oxygens (including phenoxy) is 2. The van der Waals surface area contributed by atoms with Crippen molar-refractivity contribution < 1.29 is 19.1 Å². The van der Waals surface area contributed by atoms with Gasteiger partial charge in [-0.05, 0) is 47.5 Å². The van der Waals surface area contributed by atoms with Crippen LogP contribution in [0.4, 0.5) is 4.79 Å². The van der Waals surface area contributed by atoms with Crippen molar-refractivity contribution in [2.24, 2.45) is 0 Å². The fourth-order valence-electron chi connectivity index (χ4n) is 1.30. The summed E-state index contributed by atoms with van der Waals surface area (Å²) in [6.45, 7) is 9.48. The van der Waals surface area contributed by atoms with Crippen LogP contribution in [0.5, 0.6) is 0 Å². The van der Waals surface area contributed by atoms with Gasteiger partial charge in [-0.3, -0.25) is 0 Å². The minimum Gasteiger partial charge on any atom is -0.463 e. The Bertz CT molecular complexity index is 318. The Morgan fingerprint density at radius 1 is 1.32 bits per heavy atom. The number of hydrogen-bond donors (Lipinski definition) is 1. The summed E-state index contributed by atoms with van der Waals surface area (Å²) in [6, 6.07) is -0.0123. The Kier molecular flexibility index (Phi) is 7.87. The van der Waals surface area contributed by atoms with Crippen LogP contribution in [-0.4, -0.2) is 30.3 Å². The number of rotatable bonds is 6. The standard InChI is InChI=1S/C14H25NO4/c1-6-18-12(16)10-8-7-9-11(2)15-13(17)19-14(3,4)5/h8,10-11H,6-7,9H2,1-5H3,(H,15,17)/b10-8+/t11-/m0/s1. The maximum Gasteiger partial charge on any atom is 0.407 e. The molecule has 0 aromatic carbocycles. The number of carbonyl (C=O) groups excluding carboxylic acids is 2. The molecule has 1 N–H and O–H groups in total. The number of amides is 1. The lowest BCUT2D eigenvalue weighted by Crippen LogP contribution is -2.37. The van der Waals surface area contributed by atoms with E-state index in [0.29, 0.717) is 13.0 Å². The van der Waals surface area contributed by atoms with Crippen molar-refractivity contribution in [2.75, 3.05) is 6.61 Å². The zero-order valence-electron chi connectivity index (χ0n) is 12.5. The molecule has 0 saturated heterocycles. The lowest BCUT2D eigenvalue weighted by atomic mass is 10.2. The molecule has 1 amide bonds. The van der Waals surface area contributed by atoms with Crippen molar-refractivity contribution in [3.8, 4) is 0 Å². The number of hydrogen-bond acceptors (Lipinski definition) is 4. The zero-order chi connectivity index (χ0) is 14.9. The highest BCUT2D eigenvalue weighted by atomic mass is 16.6. The van der Waals surface area contributed by atoms with Crippen molar-refractivity contribution in [1.82, 2.24) is 5.32 Å². The van der Waals surface area contributed by atoms with Gasteiger partial charge in [0.25, 0.3) is 0 Å². The predicted octanol–water partition coefficient (Wildman–Crippen LogP) is 2.80. The molecular formula is C14H25NO4. The summed E-state index contributed by atoms with van der Waals surface area (Å²) in [5, 5.41) is 2.74. The van der Waals surface area contributed by atoms with E-state index < -0.39 is 11.7 Å². The van der Waals surface area contributed by atoms with Crippen LogP contribution in [0.25, 0.3) is 0 Å². The Balaban J connectivity index is 3.84. The summed E-state index contributed by atoms with van der Waals surface area (Å²) in [7, 11) is 0. The third-order valence-electron chi connectivity index (χ3n) is 2.07. The molecule has 0 bridgehead atoms. The van der Waals surface area contributed by atoms with E-state index in [4.69, 9.17) is 9.47 Å². The van der Waals surface area contributed by atoms with Crippen molar-refractivity contribution in [2.45, 2.75) is 59.1 Å². The van der Waals surface area contributed by atoms with E-state index in [1.54, 1.807) is 13.0 Å². The molecule has 0 aromatic heterocycles. The second kappa shape index (κ2) is 8.56. The molecular weight excluding hydrogens is 246 g/mol. The Morgan fingerprint density at radius 2 is 1.95 bits per heavy atom. The summed E-state index contributed by atoms with van der Waals surface area (Å²) in [4.78, 5) is 22.5. The van der Waals surface area contributed by atoms with E-state index in [1.807, 2.05) is 27.7 Å². The maximum absolute atomic E-state index is 11.5. The van der Waals surface area contributed by atoms with Gasteiger partial charge in [-0.25, -0.2) is 9.59 Å². The molecule has 0 aromatic rings. The lowest BCUT2D eigenvalue weighted by Gasteiger charge is -2.21. The van der Waals surface area contributed by atoms with E-state index >= 15 is 0 Å². The number of allylic oxidation sites excluding steroid dienone is 1. The lowest BCUT2D eigenvalue weighted by molar-refractivity contribution is -0.137. The highest BCUT2D eigenvalue weighted by molar-refractivity contribution is 5.81. The van der Waals surface area contributed by atoms with Crippen molar-refractivity contribution in [3.63, 3.8) is 0 Å². The zero-order valence-corrected chi connectivity index (χ0v) is 12.5. The highest BCUT2D eigenvalue weighted by Crippen LogP contribution is 2.07. The molecule has 0 aliphatic rings. The summed E-state index contributed by atoms with van der Waals surface area (Å²) in [5.41, 5.74) is -0.492. The molecule has 0 aliphatic heterocycles. The molecule has 5 nitrogen and oxygen atoms in total. The van der Waals surface area contributed by atoms with Crippen molar-refractivity contribution in [1.29, 1.82) is 0 Å². The van der Waals surface area contributed by atoms with Crippen LogP contribution in [0.2, 0.25) is 0 Å². The molecule has 0 rings (SSSR count). The number of carbonyl (C=O) groups is 2. The van der Waals surface area contributed by atoms with E-state index in [1.165, 1.54) is 6.08 Å². The van der Waals surface area contributed by atoms with Gasteiger partial charge in [0.15, 0.2) is 0 Å². The van der Waals surface area contributed by atoms with Gasteiger partial charge in [0.1, 0.15) is 5.60 Å². The molecule has 0 aliphatic carbocycles. The second-order valence-corrected chi connectivity index (χ2v) is 5.28. The molecule has 0 radical (unpaired) electrons. The van der Waals surface area contributed by atoms with E-state index in [-0.39, 0.29) is 12.0 Å². The van der Waals surface area contributed by atoms with Gasteiger partial charge in [0.05, 0.1) is 6.61 Å². The average Bonchev–Trinajstić information content (AvgIpc) is 2.21. The van der Waals surface area contributed by atoms with Crippen LogP contribution in [0.3, 0.4) is 0 Å². The normalized spacial score (nSPS) is 13.1. The van der Waals surface area contributed by atoms with Gasteiger partial charge in [-0.1, -0.05) is 6.08 Å². The van der Waals surface area contributed by atoms with Gasteiger partial charge < -0.3 is 14.8 Å². The molecule has 0 saturated carbocycles. The summed E-state index contributed by atoms with van der Waals surface area (Å²) >= 11 is 0. The third-order valence-corrected chi connectivity index (χ3v) is 2.07. The van der Waals surface area contributed by atoms with Gasteiger partial charge in [0.2, 0.25) is 0 Å². The van der Waals surface area contributed by atoms with Crippen LogP contribution >= 0.6 is 0 Å². The smallest absolute Gasteiger partial charge is 0.407 e. The van der Waals surface area contributed by atoms with Crippen LogP contribution in [0.15, 0.2) is 12.2 Å². The first-order valence-electron chi connectivity index (χ1n) is 6.57. The average molecular weight is 271 g/mol. The molecule has 1 atom stereocenters. The Morgan fingerprint density at radius 3 is 2.47 bits per heavy atom. The topological polar surface area (TPSA) is 64.6 Å². The number of esters is 1. The van der Waals surface area contributed by atoms with Crippen LogP contribution in [0.1, 0.15) is 47.5 Å². The van der Waals surface area contributed by atoms with Crippen molar-refractivity contribution in [3.05, 3.63) is 12.2 Å². The molecule has 0 unspecified atom stereocenters. The van der Waals surface area contributed by atoms with E-state index in [2.05, 4.69) is 5.32 Å². The molecule has 0 heterocycles. The predicted molar refractivity (Wildman–Crippen MR) is 73.8 cm³/mol. The molecule has 19 heavy (non-hydrogen) atoms. The Hall–Kier alpha value is -1.52. The van der Waals surface area contributed by atoms with Crippen LogP contribution in [0, 0.1) is 0 Å². The monoisotopic (exact) mass is 271 g/mol. The first-order valence-corrected chi connectivity index (χ1v) is 6.57. The highest BCUT2D eigenvalue weighted by Gasteiger charge is 2.17. The number of nitrogens with one attached hydrogen (secondary N) is 1. The number of alkyl carbamates (subject to hydrolysis) is 1. The maximum atomic E-state index is 11.5. The first-order chi connectivity index (χ1) is 8.74. The summed E-state index contributed by atoms with van der Waals surface area (Å²) in [6.07, 6.45) is 4.15. The fourth-order valence-corrected chi connectivity index (χ4v) is 1.30. The van der Waals surface area contributed by atoms with Gasteiger partial charge in [-0.15, -0.1) is 0 Å². The van der Waals surface area contributed by atoms with E-state index in [0.717, 1.165) is 6.42 Å². The minimum atomic E-state index is -0.492. The van der Waals surface area contributed by atoms with Crippen LogP contribution in [-0.2, 0) is 14.3 Å². The van der Waals surface area contributed by atoms with Crippen LogP contribution < -0.4 is 5.32 Å². The molecule has 0 spiro atoms. The Labute approximate surface area is 115 Å². The third kappa shape index (κ3) is 11.3. The molecule has 0 fully saturated rings. The first kappa shape index (κ1) is 17.5. The SMILES string of the molecule is CCOC(=O)/C=C/CC[C@H](C)NC(=O)OC(C)(C)C. The van der Waals surface area contributed by atoms with Gasteiger partial charge >= 0.3 is 12.1 Å². The second-order valence-electron chi connectivity index (χ2n) is 5.28. The molecule has 5 heteroatoms.